The first-order valence-electron chi connectivity index (χ1n) is 13.9. The lowest BCUT2D eigenvalue weighted by molar-refractivity contribution is -0.205. The van der Waals surface area contributed by atoms with E-state index in [2.05, 4.69) is 16.0 Å². The molecule has 37 heavy (non-hydrogen) atoms. The van der Waals surface area contributed by atoms with Gasteiger partial charge in [0.2, 0.25) is 11.8 Å². The Kier molecular flexibility index (Phi) is 12.7. The summed E-state index contributed by atoms with van der Waals surface area (Å²) in [7, 11) is 0. The Hall–Kier alpha value is -0.620. The molecule has 3 fully saturated rings. The van der Waals surface area contributed by atoms with E-state index in [1.165, 1.54) is 43.9 Å². The van der Waals surface area contributed by atoms with Crippen LogP contribution in [0, 0.1) is 11.8 Å². The van der Waals surface area contributed by atoms with Crippen molar-refractivity contribution >= 4 is 35.2 Å². The summed E-state index contributed by atoms with van der Waals surface area (Å²) in [6, 6.07) is -1.18. The molecule has 2 heterocycles. The zero-order chi connectivity index (χ0) is 26.9. The molecule has 0 aromatic heterocycles. The predicted molar refractivity (Wildman–Crippen MR) is 145 cm³/mol. The average molecular weight is 564 g/mol. The van der Waals surface area contributed by atoms with Crippen LogP contribution in [0.4, 0.5) is 0 Å². The molecule has 0 radical (unpaired) electrons. The van der Waals surface area contributed by atoms with Crippen molar-refractivity contribution in [3.63, 3.8) is 0 Å². The Morgan fingerprint density at radius 1 is 1.03 bits per heavy atom. The van der Waals surface area contributed by atoms with Crippen molar-refractivity contribution in [2.24, 2.45) is 11.8 Å². The zero-order valence-electron chi connectivity index (χ0n) is 22.1. The molecule has 9 atom stereocenters. The van der Waals surface area contributed by atoms with E-state index in [4.69, 9.17) is 16.3 Å². The van der Waals surface area contributed by atoms with E-state index in [0.29, 0.717) is 31.2 Å². The number of hydrogen-bond donors (Lipinski definition) is 6. The van der Waals surface area contributed by atoms with Crippen molar-refractivity contribution in [1.82, 2.24) is 16.0 Å². The topological polar surface area (TPSA) is 140 Å². The molecule has 3 aliphatic rings. The summed E-state index contributed by atoms with van der Waals surface area (Å²) in [5.74, 6) is 0.882. The Morgan fingerprint density at radius 3 is 2.43 bits per heavy atom. The Morgan fingerprint density at radius 2 is 1.76 bits per heavy atom. The molecule has 0 bridgehead atoms. The highest BCUT2D eigenvalue weighted by Gasteiger charge is 2.48. The average Bonchev–Trinajstić information content (AvgIpc) is 3.15. The quantitative estimate of drug-likeness (QED) is 0.220. The molecule has 2 amide bonds. The number of aliphatic hydroxyl groups is 3. The van der Waals surface area contributed by atoms with Gasteiger partial charge in [0.25, 0.3) is 0 Å². The van der Waals surface area contributed by atoms with E-state index in [-0.39, 0.29) is 11.8 Å². The van der Waals surface area contributed by atoms with Crippen LogP contribution >= 0.6 is 23.4 Å². The molecule has 0 aromatic carbocycles. The van der Waals surface area contributed by atoms with Crippen LogP contribution in [-0.4, -0.2) is 93.8 Å². The minimum Gasteiger partial charge on any atom is -0.388 e. The van der Waals surface area contributed by atoms with Crippen molar-refractivity contribution in [3.05, 3.63) is 0 Å². The fourth-order valence-electron chi connectivity index (χ4n) is 5.78. The number of nitrogens with one attached hydrogen (secondary N) is 3. The minimum absolute atomic E-state index is 0.123. The van der Waals surface area contributed by atoms with Gasteiger partial charge < -0.3 is 36.0 Å². The largest absolute Gasteiger partial charge is 0.388 e. The van der Waals surface area contributed by atoms with Gasteiger partial charge in [0.05, 0.1) is 17.5 Å². The van der Waals surface area contributed by atoms with E-state index in [0.717, 1.165) is 25.8 Å². The predicted octanol–water partition coefficient (Wildman–Crippen LogP) is 1.50. The summed E-state index contributed by atoms with van der Waals surface area (Å²) in [6.45, 7) is 3.17. The molecule has 1 aliphatic carbocycles. The highest BCUT2D eigenvalue weighted by molar-refractivity contribution is 7.99. The van der Waals surface area contributed by atoms with Gasteiger partial charge in [-0.3, -0.25) is 9.59 Å². The zero-order valence-corrected chi connectivity index (χ0v) is 23.7. The molecule has 2 saturated heterocycles. The van der Waals surface area contributed by atoms with Crippen molar-refractivity contribution in [2.45, 2.75) is 118 Å². The van der Waals surface area contributed by atoms with Gasteiger partial charge in [-0.25, -0.2) is 0 Å². The van der Waals surface area contributed by atoms with Crippen LogP contribution in [0.1, 0.15) is 71.1 Å². The molecular weight excluding hydrogens is 518 g/mol. The van der Waals surface area contributed by atoms with Gasteiger partial charge in [0, 0.05) is 13.0 Å². The lowest BCUT2D eigenvalue weighted by Crippen LogP contribution is -2.65. The summed E-state index contributed by atoms with van der Waals surface area (Å²) in [5, 5.41) is 39.8. The molecule has 1 saturated carbocycles. The summed E-state index contributed by atoms with van der Waals surface area (Å²) in [6.07, 6.45) is 6.73. The van der Waals surface area contributed by atoms with Crippen LogP contribution < -0.4 is 16.0 Å². The van der Waals surface area contributed by atoms with Gasteiger partial charge in [-0.05, 0) is 70.1 Å². The molecule has 3 unspecified atom stereocenters. The molecule has 11 heteroatoms. The van der Waals surface area contributed by atoms with E-state index in [1.807, 2.05) is 0 Å². The van der Waals surface area contributed by atoms with Gasteiger partial charge in [-0.2, -0.15) is 0 Å². The SMILES string of the molecule is CSC1O[C@H]([C@H](NC(=O)[C@@H]2CC[C@H](CCC(=O)NCC3CCCCC3)CCN2)[C@H](C)Cl)C(O)C(O)[C@H]1O. The Balaban J connectivity index is 1.46. The van der Waals surface area contributed by atoms with E-state index < -0.39 is 47.3 Å². The smallest absolute Gasteiger partial charge is 0.237 e. The van der Waals surface area contributed by atoms with Crippen LogP contribution in [0.25, 0.3) is 0 Å². The number of carbonyl (C=O) groups excluding carboxylic acids is 2. The van der Waals surface area contributed by atoms with Crippen molar-refractivity contribution in [3.8, 4) is 0 Å². The summed E-state index contributed by atoms with van der Waals surface area (Å²) in [4.78, 5) is 25.5. The lowest BCUT2D eigenvalue weighted by Gasteiger charge is -2.44. The number of halogens is 1. The third-order valence-electron chi connectivity index (χ3n) is 8.21. The second-order valence-electron chi connectivity index (χ2n) is 11.0. The van der Waals surface area contributed by atoms with Crippen LogP contribution in [0.2, 0.25) is 0 Å². The van der Waals surface area contributed by atoms with Gasteiger partial charge >= 0.3 is 0 Å². The molecule has 0 aromatic rings. The fraction of sp³-hybridized carbons (Fsp3) is 0.923. The van der Waals surface area contributed by atoms with Crippen LogP contribution in [0.15, 0.2) is 0 Å². The summed E-state index contributed by atoms with van der Waals surface area (Å²) in [5.41, 5.74) is -0.741. The van der Waals surface area contributed by atoms with Gasteiger partial charge in [-0.1, -0.05) is 19.3 Å². The summed E-state index contributed by atoms with van der Waals surface area (Å²) >= 11 is 7.61. The highest BCUT2D eigenvalue weighted by Crippen LogP contribution is 2.30. The second-order valence-corrected chi connectivity index (χ2v) is 12.6. The maximum atomic E-state index is 13.2. The number of rotatable bonds is 10. The van der Waals surface area contributed by atoms with Crippen LogP contribution in [0.3, 0.4) is 0 Å². The summed E-state index contributed by atoms with van der Waals surface area (Å²) < 4.78 is 5.84. The molecular formula is C26H46ClN3O6S. The number of ether oxygens (including phenoxy) is 1. The van der Waals surface area contributed by atoms with Crippen molar-refractivity contribution < 1.29 is 29.6 Å². The Labute approximate surface area is 230 Å². The van der Waals surface area contributed by atoms with Crippen molar-refractivity contribution in [2.75, 3.05) is 19.3 Å². The maximum absolute atomic E-state index is 13.2. The van der Waals surface area contributed by atoms with E-state index in [1.54, 1.807) is 13.2 Å². The second kappa shape index (κ2) is 15.2. The number of thioether (sulfide) groups is 1. The first kappa shape index (κ1) is 30.9. The van der Waals surface area contributed by atoms with Crippen LogP contribution in [0.5, 0.6) is 0 Å². The van der Waals surface area contributed by atoms with Crippen molar-refractivity contribution in [1.29, 1.82) is 0 Å². The van der Waals surface area contributed by atoms with Crippen LogP contribution in [-0.2, 0) is 14.3 Å². The first-order valence-corrected chi connectivity index (χ1v) is 15.6. The number of hydrogen-bond acceptors (Lipinski definition) is 8. The van der Waals surface area contributed by atoms with E-state index in [9.17, 15) is 24.9 Å². The monoisotopic (exact) mass is 563 g/mol. The Bertz CT molecular complexity index is 726. The number of aliphatic hydroxyl groups excluding tert-OH is 3. The van der Waals surface area contributed by atoms with E-state index >= 15 is 0 Å². The number of alkyl halides is 1. The molecule has 2 aliphatic heterocycles. The van der Waals surface area contributed by atoms with Gasteiger partial charge in [-0.15, -0.1) is 23.4 Å². The third kappa shape index (κ3) is 8.95. The molecule has 3 rings (SSSR count). The van der Waals surface area contributed by atoms with Gasteiger partial charge in [0.1, 0.15) is 29.9 Å². The molecule has 6 N–H and O–H groups in total. The maximum Gasteiger partial charge on any atom is 0.237 e. The van der Waals surface area contributed by atoms with Gasteiger partial charge in [0.15, 0.2) is 0 Å². The number of amides is 2. The first-order chi connectivity index (χ1) is 17.7. The lowest BCUT2D eigenvalue weighted by atomic mass is 9.89. The molecule has 9 nitrogen and oxygen atoms in total. The highest BCUT2D eigenvalue weighted by atomic mass is 35.5. The standard InChI is InChI=1S/C26H46ClN3O6S/c1-15(27)20(24-22(33)21(32)23(34)26(36-24)37-2)30-25(35)18-10-8-16(12-13-28-18)9-11-19(31)29-14-17-6-4-3-5-7-17/h15-18,20-24,26,28,32-34H,3-14H2,1-2H3,(H,29,31)(H,30,35)/t15-,16+,18-,20+,21?,22?,23+,24+,26?/m0/s1. The minimum atomic E-state index is -1.40. The molecule has 214 valence electrons. The number of carbonyl (C=O) groups is 2. The fourth-order valence-corrected chi connectivity index (χ4v) is 6.67. The molecule has 0 spiro atoms. The third-order valence-corrected chi connectivity index (χ3v) is 9.34. The normalized spacial score (nSPS) is 35.2.